The molecule has 1 fully saturated rings. The van der Waals surface area contributed by atoms with Crippen LogP contribution >= 0.6 is 12.2 Å². The molecule has 1 saturated heterocycles. The van der Waals surface area contributed by atoms with E-state index in [0.717, 1.165) is 28.5 Å². The van der Waals surface area contributed by atoms with Gasteiger partial charge in [-0.2, -0.15) is 0 Å². The number of hydrogen-bond acceptors (Lipinski definition) is 4. The van der Waals surface area contributed by atoms with Crippen molar-refractivity contribution in [3.05, 3.63) is 103 Å². The van der Waals surface area contributed by atoms with Crippen LogP contribution in [-0.2, 0) is 0 Å². The number of nitrogens with zero attached hydrogens (tertiary/aromatic N) is 3. The van der Waals surface area contributed by atoms with Crippen LogP contribution in [0.4, 0.5) is 5.69 Å². The van der Waals surface area contributed by atoms with E-state index in [0.29, 0.717) is 10.9 Å². The van der Waals surface area contributed by atoms with Gasteiger partial charge in [0, 0.05) is 29.8 Å². The van der Waals surface area contributed by atoms with E-state index in [1.54, 1.807) is 14.2 Å². The first-order valence-electron chi connectivity index (χ1n) is 10.7. The minimum atomic E-state index is -0.162. The predicted molar refractivity (Wildman–Crippen MR) is 133 cm³/mol. The summed E-state index contributed by atoms with van der Waals surface area (Å²) in [7, 11) is 3.30. The fourth-order valence-electron chi connectivity index (χ4n) is 4.36. The zero-order valence-electron chi connectivity index (χ0n) is 18.4. The van der Waals surface area contributed by atoms with Gasteiger partial charge in [0.2, 0.25) is 0 Å². The van der Waals surface area contributed by atoms with Crippen molar-refractivity contribution in [2.45, 2.75) is 12.1 Å². The maximum Gasteiger partial charge on any atom is 0.174 e. The number of nitrogens with one attached hydrogen (secondary N) is 1. The number of ether oxygens (including phenoxy) is 2. The summed E-state index contributed by atoms with van der Waals surface area (Å²) >= 11 is 5.87. The molecule has 3 heterocycles. The third-order valence-corrected chi connectivity index (χ3v) is 6.18. The third kappa shape index (κ3) is 3.81. The van der Waals surface area contributed by atoms with E-state index in [-0.39, 0.29) is 12.1 Å². The number of anilines is 1. The first kappa shape index (κ1) is 21.0. The summed E-state index contributed by atoms with van der Waals surface area (Å²) in [5, 5.41) is 4.12. The monoisotopic (exact) mass is 456 g/mol. The Balaban J connectivity index is 1.69. The second kappa shape index (κ2) is 8.96. The number of pyridine rings is 1. The molecule has 4 aromatic rings. The molecule has 2 aromatic heterocycles. The Morgan fingerprint density at radius 2 is 1.73 bits per heavy atom. The second-order valence-electron chi connectivity index (χ2n) is 7.67. The van der Waals surface area contributed by atoms with Gasteiger partial charge >= 0.3 is 0 Å². The summed E-state index contributed by atoms with van der Waals surface area (Å²) in [4.78, 5) is 6.76. The lowest BCUT2D eigenvalue weighted by atomic mass is 10.0. The SMILES string of the molecule is COc1ccc(N2C(=S)N[C@H](c3ccccn3)[C@@H]2c2cccn2-c2ccccc2)c(OC)c1. The summed E-state index contributed by atoms with van der Waals surface area (Å²) in [5.41, 5.74) is 3.94. The topological polar surface area (TPSA) is 51.5 Å². The van der Waals surface area contributed by atoms with Crippen molar-refractivity contribution >= 4 is 23.0 Å². The Morgan fingerprint density at radius 1 is 0.909 bits per heavy atom. The number of benzene rings is 2. The van der Waals surface area contributed by atoms with E-state index in [4.69, 9.17) is 21.7 Å². The molecule has 33 heavy (non-hydrogen) atoms. The third-order valence-electron chi connectivity index (χ3n) is 5.86. The van der Waals surface area contributed by atoms with Crippen molar-refractivity contribution in [3.8, 4) is 17.2 Å². The highest BCUT2D eigenvalue weighted by Crippen LogP contribution is 2.45. The molecule has 0 radical (unpaired) electrons. The van der Waals surface area contributed by atoms with Crippen LogP contribution in [0.1, 0.15) is 23.5 Å². The maximum absolute atomic E-state index is 5.87. The Labute approximate surface area is 198 Å². The standard InChI is InChI=1S/C26H24N4O2S/c1-31-19-13-14-21(23(17-19)32-2)30-25(24(28-26(30)33)20-11-6-7-15-27-20)22-12-8-16-29(22)18-9-4-3-5-10-18/h3-17,24-25H,1-2H3,(H,28,33)/t24-,25+/m1/s1. The number of thiocarbonyl (C=S) groups is 1. The van der Waals surface area contributed by atoms with Crippen LogP contribution in [0.2, 0.25) is 0 Å². The van der Waals surface area contributed by atoms with Crippen molar-refractivity contribution < 1.29 is 9.47 Å². The van der Waals surface area contributed by atoms with Gasteiger partial charge in [0.05, 0.1) is 31.6 Å². The summed E-state index contributed by atoms with van der Waals surface area (Å²) in [6.07, 6.45) is 3.88. The summed E-state index contributed by atoms with van der Waals surface area (Å²) in [6.45, 7) is 0. The summed E-state index contributed by atoms with van der Waals surface area (Å²) in [5.74, 6) is 1.40. The van der Waals surface area contributed by atoms with E-state index in [1.807, 2.05) is 60.8 Å². The molecule has 1 aliphatic heterocycles. The average molecular weight is 457 g/mol. The molecule has 166 valence electrons. The zero-order chi connectivity index (χ0) is 22.8. The van der Waals surface area contributed by atoms with E-state index in [9.17, 15) is 0 Å². The van der Waals surface area contributed by atoms with Crippen LogP contribution in [0.3, 0.4) is 0 Å². The summed E-state index contributed by atoms with van der Waals surface area (Å²) < 4.78 is 13.3. The van der Waals surface area contributed by atoms with Crippen molar-refractivity contribution in [2.75, 3.05) is 19.1 Å². The molecule has 7 heteroatoms. The minimum absolute atomic E-state index is 0.150. The normalized spacial score (nSPS) is 17.6. The van der Waals surface area contributed by atoms with E-state index < -0.39 is 0 Å². The van der Waals surface area contributed by atoms with Gasteiger partial charge in [-0.05, 0) is 60.7 Å². The van der Waals surface area contributed by atoms with Gasteiger partial charge in [-0.25, -0.2) is 0 Å². The molecule has 1 N–H and O–H groups in total. The van der Waals surface area contributed by atoms with E-state index >= 15 is 0 Å². The van der Waals surface area contributed by atoms with Crippen LogP contribution in [0.25, 0.3) is 5.69 Å². The lowest BCUT2D eigenvalue weighted by Crippen LogP contribution is -2.30. The molecule has 1 aliphatic rings. The quantitative estimate of drug-likeness (QED) is 0.409. The molecule has 2 atom stereocenters. The van der Waals surface area contributed by atoms with Gasteiger partial charge in [-0.1, -0.05) is 24.3 Å². The minimum Gasteiger partial charge on any atom is -0.497 e. The van der Waals surface area contributed by atoms with Crippen molar-refractivity contribution in [3.63, 3.8) is 0 Å². The Morgan fingerprint density at radius 3 is 2.45 bits per heavy atom. The summed E-state index contributed by atoms with van der Waals surface area (Å²) in [6, 6.07) is 25.9. The van der Waals surface area contributed by atoms with Gasteiger partial charge in [-0.15, -0.1) is 0 Å². The fraction of sp³-hybridized carbons (Fsp3) is 0.154. The number of hydrogen-bond donors (Lipinski definition) is 1. The molecule has 0 aliphatic carbocycles. The number of methoxy groups -OCH3 is 2. The van der Waals surface area contributed by atoms with Crippen LogP contribution in [0.15, 0.2) is 91.3 Å². The predicted octanol–water partition coefficient (Wildman–Crippen LogP) is 5.07. The molecular formula is C26H24N4O2S. The Kier molecular flexibility index (Phi) is 5.71. The highest BCUT2D eigenvalue weighted by Gasteiger charge is 2.43. The van der Waals surface area contributed by atoms with Crippen LogP contribution in [0, 0.1) is 0 Å². The lowest BCUT2D eigenvalue weighted by molar-refractivity contribution is 0.394. The molecular weight excluding hydrogens is 432 g/mol. The van der Waals surface area contributed by atoms with Crippen LogP contribution < -0.4 is 19.7 Å². The van der Waals surface area contributed by atoms with Gasteiger partial charge in [-0.3, -0.25) is 4.98 Å². The first-order valence-corrected chi connectivity index (χ1v) is 11.1. The zero-order valence-corrected chi connectivity index (χ0v) is 19.2. The number of para-hydroxylation sites is 1. The fourth-order valence-corrected chi connectivity index (χ4v) is 4.70. The van der Waals surface area contributed by atoms with Crippen molar-refractivity contribution in [1.82, 2.24) is 14.9 Å². The van der Waals surface area contributed by atoms with Crippen LogP contribution in [0.5, 0.6) is 11.5 Å². The molecule has 0 amide bonds. The number of aromatic nitrogens is 2. The number of rotatable bonds is 6. The molecule has 0 unspecified atom stereocenters. The largest absolute Gasteiger partial charge is 0.497 e. The van der Waals surface area contributed by atoms with E-state index in [1.165, 1.54) is 0 Å². The van der Waals surface area contributed by atoms with Gasteiger partial charge in [0.25, 0.3) is 0 Å². The van der Waals surface area contributed by atoms with Gasteiger partial charge in [0.1, 0.15) is 17.5 Å². The molecule has 2 aromatic carbocycles. The molecule has 0 saturated carbocycles. The molecule has 6 nitrogen and oxygen atoms in total. The maximum atomic E-state index is 5.87. The second-order valence-corrected chi connectivity index (χ2v) is 8.06. The smallest absolute Gasteiger partial charge is 0.174 e. The van der Waals surface area contributed by atoms with E-state index in [2.05, 4.69) is 50.2 Å². The lowest BCUT2D eigenvalue weighted by Gasteiger charge is -2.30. The highest BCUT2D eigenvalue weighted by molar-refractivity contribution is 7.80. The van der Waals surface area contributed by atoms with Gasteiger partial charge < -0.3 is 24.3 Å². The molecule has 0 bridgehead atoms. The Hall–Kier alpha value is -3.84. The average Bonchev–Trinajstić information content (AvgIpc) is 3.49. The molecule has 5 rings (SSSR count). The molecule has 0 spiro atoms. The highest BCUT2D eigenvalue weighted by atomic mass is 32.1. The Bertz CT molecular complexity index is 1260. The van der Waals surface area contributed by atoms with Crippen molar-refractivity contribution in [1.29, 1.82) is 0 Å². The van der Waals surface area contributed by atoms with Gasteiger partial charge in [0.15, 0.2) is 5.11 Å². The van der Waals surface area contributed by atoms with Crippen molar-refractivity contribution in [2.24, 2.45) is 0 Å². The van der Waals surface area contributed by atoms with Crippen LogP contribution in [-0.4, -0.2) is 28.9 Å². The first-order chi connectivity index (χ1) is 16.2.